The highest BCUT2D eigenvalue weighted by Crippen LogP contribution is 2.43. The predicted molar refractivity (Wildman–Crippen MR) is 119 cm³/mol. The fraction of sp³-hybridized carbons (Fsp3) is 0.360. The average molecular weight is 474 g/mol. The Hall–Kier alpha value is -3.33. The number of nitrogens with zero attached hydrogens (tertiary/aromatic N) is 2. The number of carbonyl (C=O) groups is 2. The van der Waals surface area contributed by atoms with E-state index in [1.807, 2.05) is 42.5 Å². The van der Waals surface area contributed by atoms with Gasteiger partial charge in [-0.2, -0.15) is 13.2 Å². The molecule has 1 saturated heterocycles. The first kappa shape index (κ1) is 23.8. The number of hydrogen-bond acceptors (Lipinski definition) is 4. The number of halogens is 3. The van der Waals surface area contributed by atoms with Gasteiger partial charge in [0.1, 0.15) is 18.1 Å². The molecule has 0 unspecified atom stereocenters. The van der Waals surface area contributed by atoms with Crippen molar-refractivity contribution >= 4 is 17.4 Å². The van der Waals surface area contributed by atoms with Gasteiger partial charge in [0, 0.05) is 43.6 Å². The molecule has 1 fully saturated rings. The number of aliphatic hydroxyl groups is 1. The van der Waals surface area contributed by atoms with E-state index in [4.69, 9.17) is 4.74 Å². The smallest absolute Gasteiger partial charge is 0.471 e. The van der Waals surface area contributed by atoms with Crippen LogP contribution in [0.5, 0.6) is 5.75 Å². The van der Waals surface area contributed by atoms with Crippen LogP contribution in [-0.2, 0) is 4.79 Å². The molecule has 1 spiro atoms. The maximum atomic E-state index is 12.9. The van der Waals surface area contributed by atoms with Crippen molar-refractivity contribution in [1.29, 1.82) is 0 Å². The lowest BCUT2D eigenvalue weighted by Crippen LogP contribution is -2.52. The van der Waals surface area contributed by atoms with Gasteiger partial charge in [0.25, 0.3) is 5.91 Å². The molecule has 6 nitrogen and oxygen atoms in total. The van der Waals surface area contributed by atoms with E-state index in [1.54, 1.807) is 19.1 Å². The Morgan fingerprint density at radius 1 is 1.09 bits per heavy atom. The molecule has 2 amide bonds. The Morgan fingerprint density at radius 3 is 2.32 bits per heavy atom. The number of alkyl halides is 3. The van der Waals surface area contributed by atoms with Gasteiger partial charge in [-0.1, -0.05) is 30.3 Å². The van der Waals surface area contributed by atoms with Crippen LogP contribution in [0.4, 0.5) is 13.2 Å². The topological polar surface area (TPSA) is 70.1 Å². The Bertz CT molecular complexity index is 1100. The number of hydrogen-bond donors (Lipinski definition) is 1. The van der Waals surface area contributed by atoms with Gasteiger partial charge in [-0.05, 0) is 42.3 Å². The van der Waals surface area contributed by atoms with Gasteiger partial charge >= 0.3 is 12.1 Å². The summed E-state index contributed by atoms with van der Waals surface area (Å²) in [5.41, 5.74) is 2.12. The molecule has 180 valence electrons. The minimum Gasteiger partial charge on any atom is -0.482 e. The van der Waals surface area contributed by atoms with E-state index >= 15 is 0 Å². The second-order valence-electron chi connectivity index (χ2n) is 8.39. The van der Waals surface area contributed by atoms with Crippen LogP contribution in [-0.4, -0.2) is 64.9 Å². The van der Waals surface area contributed by atoms with E-state index in [0.717, 1.165) is 21.6 Å². The molecule has 2 aromatic carbocycles. The van der Waals surface area contributed by atoms with Crippen LogP contribution in [0, 0.1) is 0 Å². The van der Waals surface area contributed by atoms with Gasteiger partial charge in [-0.3, -0.25) is 9.59 Å². The molecular formula is C25H25F3N2O4. The molecule has 0 aromatic heterocycles. The van der Waals surface area contributed by atoms with Gasteiger partial charge in [0.05, 0.1) is 0 Å². The van der Waals surface area contributed by atoms with Gasteiger partial charge in [-0.25, -0.2) is 0 Å². The lowest BCUT2D eigenvalue weighted by Gasteiger charge is -2.43. The van der Waals surface area contributed by atoms with Gasteiger partial charge in [0.2, 0.25) is 0 Å². The summed E-state index contributed by atoms with van der Waals surface area (Å²) < 4.78 is 44.8. The highest BCUT2D eigenvalue weighted by atomic mass is 19.4. The van der Waals surface area contributed by atoms with E-state index in [2.05, 4.69) is 0 Å². The molecule has 0 aliphatic carbocycles. The molecule has 4 rings (SSSR count). The number of carbonyl (C=O) groups excluding carboxylic acids is 2. The number of benzene rings is 2. The maximum Gasteiger partial charge on any atom is 0.471 e. The van der Waals surface area contributed by atoms with Gasteiger partial charge < -0.3 is 19.6 Å². The summed E-state index contributed by atoms with van der Waals surface area (Å²) in [6, 6.07) is 14.4. The summed E-state index contributed by atoms with van der Waals surface area (Å²) in [4.78, 5) is 26.3. The number of likely N-dealkylation sites (tertiary alicyclic amines) is 1. The minimum atomic E-state index is -4.89. The van der Waals surface area contributed by atoms with E-state index in [0.29, 0.717) is 17.9 Å². The standard InChI is InChI=1S/C25H25F3N2O4/c1-2-29(16-31)22(32)18-9-7-17(8-10-18)20-15-24(34-21-6-4-3-5-19(20)21)11-13-30(14-12-24)23(33)25(26,27)28/h3-10,15,31H,2,11-14,16H2,1H3. The van der Waals surface area contributed by atoms with Crippen molar-refractivity contribution in [2.24, 2.45) is 0 Å². The van der Waals surface area contributed by atoms with Gasteiger partial charge in [0.15, 0.2) is 0 Å². The van der Waals surface area contributed by atoms with Crippen molar-refractivity contribution in [3.05, 3.63) is 71.3 Å². The van der Waals surface area contributed by atoms with Crippen LogP contribution >= 0.6 is 0 Å². The largest absolute Gasteiger partial charge is 0.482 e. The SMILES string of the molecule is CCN(CO)C(=O)c1ccc(C2=CC3(CCN(C(=O)C(F)(F)F)CC3)Oc3ccccc32)cc1. The third-order valence-corrected chi connectivity index (χ3v) is 6.32. The maximum absolute atomic E-state index is 12.9. The molecule has 2 aliphatic rings. The Kier molecular flexibility index (Phi) is 6.40. The number of piperidine rings is 1. The zero-order valence-electron chi connectivity index (χ0n) is 18.6. The second kappa shape index (κ2) is 9.13. The fourth-order valence-corrected chi connectivity index (χ4v) is 4.40. The van der Waals surface area contributed by atoms with E-state index < -0.39 is 17.7 Å². The normalized spacial score (nSPS) is 17.0. The van der Waals surface area contributed by atoms with Crippen molar-refractivity contribution in [2.75, 3.05) is 26.4 Å². The predicted octanol–water partition coefficient (Wildman–Crippen LogP) is 3.85. The number of para-hydroxylation sites is 1. The first-order chi connectivity index (χ1) is 16.2. The molecule has 1 N–H and O–H groups in total. The molecule has 0 saturated carbocycles. The quantitative estimate of drug-likeness (QED) is 0.684. The third kappa shape index (κ3) is 4.52. The summed E-state index contributed by atoms with van der Waals surface area (Å²) in [7, 11) is 0. The number of aliphatic hydroxyl groups excluding tert-OH is 1. The minimum absolute atomic E-state index is 0.0637. The molecule has 0 bridgehead atoms. The molecule has 2 heterocycles. The van der Waals surface area contributed by atoms with Crippen molar-refractivity contribution in [3.63, 3.8) is 0 Å². The van der Waals surface area contributed by atoms with Crippen molar-refractivity contribution in [2.45, 2.75) is 31.5 Å². The van der Waals surface area contributed by atoms with Crippen LogP contribution in [0.3, 0.4) is 0 Å². The van der Waals surface area contributed by atoms with E-state index in [9.17, 15) is 27.9 Å². The first-order valence-corrected chi connectivity index (χ1v) is 11.1. The third-order valence-electron chi connectivity index (χ3n) is 6.32. The molecule has 34 heavy (non-hydrogen) atoms. The fourth-order valence-electron chi connectivity index (χ4n) is 4.40. The van der Waals surface area contributed by atoms with Crippen molar-refractivity contribution < 1.29 is 32.6 Å². The molecule has 0 radical (unpaired) electrons. The van der Waals surface area contributed by atoms with Crippen molar-refractivity contribution in [1.82, 2.24) is 9.80 Å². The van der Waals surface area contributed by atoms with Crippen LogP contribution in [0.15, 0.2) is 54.6 Å². The molecule has 0 atom stereocenters. The average Bonchev–Trinajstić information content (AvgIpc) is 2.84. The Labute approximate surface area is 195 Å². The summed E-state index contributed by atoms with van der Waals surface area (Å²) >= 11 is 0. The van der Waals surface area contributed by atoms with Crippen LogP contribution in [0.1, 0.15) is 41.3 Å². The number of fused-ring (bicyclic) bond motifs is 1. The number of rotatable bonds is 4. The van der Waals surface area contributed by atoms with Crippen molar-refractivity contribution in [3.8, 4) is 5.75 Å². The molecule has 2 aromatic rings. The summed E-state index contributed by atoms with van der Waals surface area (Å²) in [5, 5.41) is 9.36. The van der Waals surface area contributed by atoms with Crippen LogP contribution in [0.25, 0.3) is 5.57 Å². The zero-order valence-corrected chi connectivity index (χ0v) is 18.6. The lowest BCUT2D eigenvalue weighted by molar-refractivity contribution is -0.187. The summed E-state index contributed by atoms with van der Waals surface area (Å²) in [5.74, 6) is -1.49. The summed E-state index contributed by atoms with van der Waals surface area (Å²) in [6.07, 6.45) is -2.52. The Balaban J connectivity index is 1.63. The van der Waals surface area contributed by atoms with Gasteiger partial charge in [-0.15, -0.1) is 0 Å². The monoisotopic (exact) mass is 474 g/mol. The second-order valence-corrected chi connectivity index (χ2v) is 8.39. The van der Waals surface area contributed by atoms with E-state index in [1.165, 1.54) is 4.90 Å². The van der Waals surface area contributed by atoms with Crippen LogP contribution in [0.2, 0.25) is 0 Å². The van der Waals surface area contributed by atoms with Crippen LogP contribution < -0.4 is 4.74 Å². The highest BCUT2D eigenvalue weighted by Gasteiger charge is 2.46. The highest BCUT2D eigenvalue weighted by molar-refractivity contribution is 5.95. The molecule has 2 aliphatic heterocycles. The first-order valence-electron chi connectivity index (χ1n) is 11.1. The summed E-state index contributed by atoms with van der Waals surface area (Å²) in [6.45, 7) is 1.66. The Morgan fingerprint density at radius 2 is 1.74 bits per heavy atom. The molecular weight excluding hydrogens is 449 g/mol. The number of amides is 2. The zero-order chi connectivity index (χ0) is 24.5. The number of ether oxygens (including phenoxy) is 1. The van der Waals surface area contributed by atoms with E-state index in [-0.39, 0.29) is 38.6 Å². The molecule has 9 heteroatoms. The lowest BCUT2D eigenvalue weighted by atomic mass is 9.82.